The highest BCUT2D eigenvalue weighted by molar-refractivity contribution is 7.92. The van der Waals surface area contributed by atoms with Crippen LogP contribution in [-0.4, -0.2) is 37.5 Å². The Bertz CT molecular complexity index is 572. The van der Waals surface area contributed by atoms with Gasteiger partial charge in [-0.3, -0.25) is 0 Å². The second kappa shape index (κ2) is 4.66. The molecule has 1 saturated heterocycles. The largest absolute Gasteiger partial charge is 0.416 e. The Hall–Kier alpha value is -1.31. The molecular formula is C11H13F3N2O2S. The first kappa shape index (κ1) is 14.1. The number of rotatable bonds is 1. The molecule has 0 radical (unpaired) electrons. The van der Waals surface area contributed by atoms with E-state index in [1.807, 2.05) is 0 Å². The summed E-state index contributed by atoms with van der Waals surface area (Å²) in [5.74, 6) is 0.100. The molecular weight excluding hydrogens is 281 g/mol. The van der Waals surface area contributed by atoms with Crippen LogP contribution in [0.3, 0.4) is 0 Å². The summed E-state index contributed by atoms with van der Waals surface area (Å²) < 4.78 is 60.9. The van der Waals surface area contributed by atoms with E-state index in [9.17, 15) is 21.6 Å². The first-order valence-corrected chi connectivity index (χ1v) is 7.41. The van der Waals surface area contributed by atoms with Crippen LogP contribution in [0.1, 0.15) is 12.5 Å². The Morgan fingerprint density at radius 3 is 2.68 bits per heavy atom. The van der Waals surface area contributed by atoms with E-state index in [0.29, 0.717) is 0 Å². The number of nitrogens with zero attached hydrogens (tertiary/aromatic N) is 2. The van der Waals surface area contributed by atoms with Crippen molar-refractivity contribution in [2.24, 2.45) is 0 Å². The van der Waals surface area contributed by atoms with E-state index in [4.69, 9.17) is 0 Å². The zero-order valence-corrected chi connectivity index (χ0v) is 11.0. The Balaban J connectivity index is 2.25. The van der Waals surface area contributed by atoms with Crippen LogP contribution in [0.15, 0.2) is 18.3 Å². The van der Waals surface area contributed by atoms with Crippen LogP contribution in [0, 0.1) is 0 Å². The van der Waals surface area contributed by atoms with E-state index in [-0.39, 0.29) is 24.7 Å². The molecule has 4 nitrogen and oxygen atoms in total. The molecule has 106 valence electrons. The molecule has 1 aliphatic heterocycles. The van der Waals surface area contributed by atoms with E-state index in [1.54, 1.807) is 11.8 Å². The molecule has 0 N–H and O–H groups in total. The maximum atomic E-state index is 12.6. The second-order valence-electron chi connectivity index (χ2n) is 4.52. The molecule has 1 atom stereocenters. The molecule has 0 spiro atoms. The molecule has 0 unspecified atom stereocenters. The lowest BCUT2D eigenvalue weighted by Gasteiger charge is -2.31. The summed E-state index contributed by atoms with van der Waals surface area (Å²) in [5.41, 5.74) is -0.779. The van der Waals surface area contributed by atoms with Crippen molar-refractivity contribution in [3.8, 4) is 0 Å². The van der Waals surface area contributed by atoms with Crippen molar-refractivity contribution in [1.82, 2.24) is 4.98 Å². The van der Waals surface area contributed by atoms with E-state index < -0.39 is 26.8 Å². The van der Waals surface area contributed by atoms with Gasteiger partial charge in [-0.15, -0.1) is 0 Å². The minimum absolute atomic E-state index is 0.0634. The van der Waals surface area contributed by atoms with Gasteiger partial charge in [-0.1, -0.05) is 0 Å². The average molecular weight is 294 g/mol. The van der Waals surface area contributed by atoms with Gasteiger partial charge in [-0.25, -0.2) is 13.4 Å². The predicted molar refractivity (Wildman–Crippen MR) is 64.7 cm³/mol. The first-order valence-electron chi connectivity index (χ1n) is 5.70. The zero-order chi connectivity index (χ0) is 14.3. The number of aromatic nitrogens is 1. The standard InChI is InChI=1S/C11H13F3N2O2S/c1-8-7-16(4-5-19(8,17)18)10-6-9(2-3-15-10)11(12,13)14/h2-3,6,8H,4-5,7H2,1H3/t8-/m0/s1. The molecule has 1 aliphatic rings. The lowest BCUT2D eigenvalue weighted by atomic mass is 10.2. The van der Waals surface area contributed by atoms with E-state index in [0.717, 1.165) is 18.3 Å². The molecule has 0 amide bonds. The Morgan fingerprint density at radius 1 is 1.42 bits per heavy atom. The fourth-order valence-electron chi connectivity index (χ4n) is 1.93. The zero-order valence-electron chi connectivity index (χ0n) is 10.2. The van der Waals surface area contributed by atoms with E-state index >= 15 is 0 Å². The van der Waals surface area contributed by atoms with Gasteiger partial charge in [0.15, 0.2) is 9.84 Å². The van der Waals surface area contributed by atoms with Crippen LogP contribution >= 0.6 is 0 Å². The molecule has 2 rings (SSSR count). The van der Waals surface area contributed by atoms with E-state index in [2.05, 4.69) is 4.98 Å². The van der Waals surface area contributed by atoms with Gasteiger partial charge in [0.05, 0.1) is 16.6 Å². The Morgan fingerprint density at radius 2 is 2.11 bits per heavy atom. The minimum Gasteiger partial charge on any atom is -0.354 e. The number of sulfone groups is 1. The number of hydrogen-bond acceptors (Lipinski definition) is 4. The van der Waals surface area contributed by atoms with Crippen LogP contribution in [0.4, 0.5) is 19.0 Å². The molecule has 0 saturated carbocycles. The van der Waals surface area contributed by atoms with Crippen LogP contribution in [-0.2, 0) is 16.0 Å². The van der Waals surface area contributed by atoms with Crippen molar-refractivity contribution in [2.75, 3.05) is 23.7 Å². The van der Waals surface area contributed by atoms with Crippen molar-refractivity contribution < 1.29 is 21.6 Å². The normalized spacial score (nSPS) is 23.4. The van der Waals surface area contributed by atoms with E-state index in [1.165, 1.54) is 0 Å². The minimum atomic E-state index is -4.43. The second-order valence-corrected chi connectivity index (χ2v) is 7.06. The molecule has 1 fully saturated rings. The topological polar surface area (TPSA) is 50.3 Å². The third-order valence-electron chi connectivity index (χ3n) is 3.13. The highest BCUT2D eigenvalue weighted by Crippen LogP contribution is 2.31. The lowest BCUT2D eigenvalue weighted by molar-refractivity contribution is -0.137. The first-order chi connectivity index (χ1) is 8.70. The maximum absolute atomic E-state index is 12.6. The molecule has 0 aliphatic carbocycles. The van der Waals surface area contributed by atoms with Gasteiger partial charge in [-0.2, -0.15) is 13.2 Å². The third-order valence-corrected chi connectivity index (χ3v) is 5.26. The van der Waals surface area contributed by atoms with Crippen LogP contribution in [0.2, 0.25) is 0 Å². The third kappa shape index (κ3) is 2.99. The van der Waals surface area contributed by atoms with Crippen molar-refractivity contribution in [2.45, 2.75) is 18.3 Å². The molecule has 19 heavy (non-hydrogen) atoms. The van der Waals surface area contributed by atoms with Gasteiger partial charge >= 0.3 is 6.18 Å². The summed E-state index contributed by atoms with van der Waals surface area (Å²) in [6, 6.07) is 1.85. The molecule has 1 aromatic heterocycles. The summed E-state index contributed by atoms with van der Waals surface area (Å²) in [4.78, 5) is 5.46. The van der Waals surface area contributed by atoms with Crippen molar-refractivity contribution in [3.63, 3.8) is 0 Å². The Labute approximate surface area is 109 Å². The van der Waals surface area contributed by atoms with Crippen molar-refractivity contribution >= 4 is 15.7 Å². The van der Waals surface area contributed by atoms with Gasteiger partial charge in [0, 0.05) is 19.3 Å². The van der Waals surface area contributed by atoms with Gasteiger partial charge < -0.3 is 4.90 Å². The SMILES string of the molecule is C[C@H]1CN(c2cc(C(F)(F)F)ccn2)CCS1(=O)=O. The highest BCUT2D eigenvalue weighted by atomic mass is 32.2. The fourth-order valence-corrected chi connectivity index (χ4v) is 3.21. The molecule has 2 heterocycles. The molecule has 8 heteroatoms. The number of anilines is 1. The predicted octanol–water partition coefficient (Wildman–Crippen LogP) is 1.72. The smallest absolute Gasteiger partial charge is 0.354 e. The van der Waals surface area contributed by atoms with Crippen LogP contribution < -0.4 is 4.90 Å². The summed E-state index contributed by atoms with van der Waals surface area (Å²) in [6.07, 6.45) is -3.34. The highest BCUT2D eigenvalue weighted by Gasteiger charge is 2.33. The summed E-state index contributed by atoms with van der Waals surface area (Å²) in [5, 5.41) is -0.599. The molecule has 1 aromatic rings. The van der Waals surface area contributed by atoms with Crippen molar-refractivity contribution in [1.29, 1.82) is 0 Å². The monoisotopic (exact) mass is 294 g/mol. The number of pyridine rings is 1. The number of hydrogen-bond donors (Lipinski definition) is 0. The van der Waals surface area contributed by atoms with Crippen LogP contribution in [0.25, 0.3) is 0 Å². The maximum Gasteiger partial charge on any atom is 0.416 e. The quantitative estimate of drug-likeness (QED) is 0.791. The number of alkyl halides is 3. The summed E-state index contributed by atoms with van der Waals surface area (Å²) in [6.45, 7) is 1.88. The Kier molecular flexibility index (Phi) is 3.46. The molecule has 0 aromatic carbocycles. The van der Waals surface area contributed by atoms with Crippen LogP contribution in [0.5, 0.6) is 0 Å². The van der Waals surface area contributed by atoms with Gasteiger partial charge in [0.1, 0.15) is 5.82 Å². The summed E-state index contributed by atoms with van der Waals surface area (Å²) >= 11 is 0. The van der Waals surface area contributed by atoms with Gasteiger partial charge in [0.2, 0.25) is 0 Å². The van der Waals surface area contributed by atoms with Crippen molar-refractivity contribution in [3.05, 3.63) is 23.9 Å². The van der Waals surface area contributed by atoms with Gasteiger partial charge in [0.25, 0.3) is 0 Å². The lowest BCUT2D eigenvalue weighted by Crippen LogP contribution is -2.45. The average Bonchev–Trinajstić information content (AvgIpc) is 2.32. The molecule has 0 bridgehead atoms. The van der Waals surface area contributed by atoms with Gasteiger partial charge in [-0.05, 0) is 19.1 Å². The summed E-state index contributed by atoms with van der Waals surface area (Å²) in [7, 11) is -3.13. The fraction of sp³-hybridized carbons (Fsp3) is 0.545. The number of halogens is 3.